The van der Waals surface area contributed by atoms with E-state index in [1.54, 1.807) is 0 Å². The van der Waals surface area contributed by atoms with Crippen molar-refractivity contribution < 1.29 is 0 Å². The van der Waals surface area contributed by atoms with Crippen molar-refractivity contribution in [1.82, 2.24) is 0 Å². The van der Waals surface area contributed by atoms with Crippen molar-refractivity contribution in [3.8, 4) is 11.1 Å². The first-order chi connectivity index (χ1) is 10.2. The highest BCUT2D eigenvalue weighted by Gasteiger charge is 2.13. The van der Waals surface area contributed by atoms with Crippen LogP contribution >= 0.6 is 15.9 Å². The Morgan fingerprint density at radius 2 is 1.86 bits per heavy atom. The van der Waals surface area contributed by atoms with E-state index in [0.29, 0.717) is 0 Å². The molecule has 0 aliphatic heterocycles. The van der Waals surface area contributed by atoms with Crippen molar-refractivity contribution >= 4 is 22.0 Å². The summed E-state index contributed by atoms with van der Waals surface area (Å²) in [5.41, 5.74) is 8.30. The van der Waals surface area contributed by atoms with Gasteiger partial charge in [-0.1, -0.05) is 65.2 Å². The number of aryl methyl sites for hydroxylation is 1. The molecule has 1 heteroatoms. The number of halogens is 1. The maximum Gasteiger partial charge on any atom is 0.0259 e. The first-order valence-corrected chi connectivity index (χ1v) is 8.55. The van der Waals surface area contributed by atoms with Crippen LogP contribution in [0.3, 0.4) is 0 Å². The second-order valence-corrected chi connectivity index (χ2v) is 6.85. The number of hydrogen-bond donors (Lipinski definition) is 0. The highest BCUT2D eigenvalue weighted by molar-refractivity contribution is 9.10. The fourth-order valence-electron chi connectivity index (χ4n) is 2.99. The Morgan fingerprint density at radius 3 is 2.57 bits per heavy atom. The van der Waals surface area contributed by atoms with Gasteiger partial charge in [0.1, 0.15) is 0 Å². The topological polar surface area (TPSA) is 0 Å². The molecule has 1 aliphatic rings. The van der Waals surface area contributed by atoms with Gasteiger partial charge in [-0.3, -0.25) is 0 Å². The molecule has 0 bridgehead atoms. The Balaban J connectivity index is 1.90. The minimum Gasteiger partial charge on any atom is -0.0683 e. The minimum absolute atomic E-state index is 1.09. The van der Waals surface area contributed by atoms with E-state index in [9.17, 15) is 0 Å². The van der Waals surface area contributed by atoms with Crippen LogP contribution in [0.15, 0.2) is 46.4 Å². The van der Waals surface area contributed by atoms with Crippen LogP contribution in [0.1, 0.15) is 43.4 Å². The van der Waals surface area contributed by atoms with Gasteiger partial charge in [0.05, 0.1) is 0 Å². The molecule has 2 aromatic carbocycles. The molecule has 0 heterocycles. The zero-order chi connectivity index (χ0) is 14.8. The molecule has 0 atom stereocenters. The third-order valence-electron chi connectivity index (χ3n) is 4.18. The quantitative estimate of drug-likeness (QED) is 0.602. The lowest BCUT2D eigenvalue weighted by Gasteiger charge is -2.09. The lowest BCUT2D eigenvalue weighted by Crippen LogP contribution is -1.89. The second-order valence-electron chi connectivity index (χ2n) is 6.00. The van der Waals surface area contributed by atoms with Crippen LogP contribution in [-0.2, 0) is 12.8 Å². The number of unbranched alkanes of at least 4 members (excludes halogenated alkanes) is 1. The third kappa shape index (κ3) is 3.13. The molecule has 21 heavy (non-hydrogen) atoms. The Kier molecular flexibility index (Phi) is 4.30. The van der Waals surface area contributed by atoms with Gasteiger partial charge in [-0.25, -0.2) is 0 Å². The van der Waals surface area contributed by atoms with Gasteiger partial charge in [0.15, 0.2) is 0 Å². The summed E-state index contributed by atoms with van der Waals surface area (Å²) in [6.07, 6.45) is 7.09. The molecule has 0 amide bonds. The number of fused-ring (bicyclic) bond motifs is 1. The molecule has 1 aliphatic carbocycles. The Bertz CT molecular complexity index is 678. The van der Waals surface area contributed by atoms with E-state index in [-0.39, 0.29) is 0 Å². The van der Waals surface area contributed by atoms with Crippen LogP contribution in [0.25, 0.3) is 17.2 Å². The summed E-state index contributed by atoms with van der Waals surface area (Å²) in [7, 11) is 0. The molecular weight excluding hydrogens is 320 g/mol. The summed E-state index contributed by atoms with van der Waals surface area (Å²) < 4.78 is 1.19. The molecule has 0 N–H and O–H groups in total. The zero-order valence-electron chi connectivity index (χ0n) is 12.7. The van der Waals surface area contributed by atoms with Gasteiger partial charge in [0.25, 0.3) is 0 Å². The highest BCUT2D eigenvalue weighted by atomic mass is 79.9. The Labute approximate surface area is 136 Å². The largest absolute Gasteiger partial charge is 0.0683 e. The smallest absolute Gasteiger partial charge is 0.0259 e. The van der Waals surface area contributed by atoms with Gasteiger partial charge in [-0.2, -0.15) is 0 Å². The predicted molar refractivity (Wildman–Crippen MR) is 95.5 cm³/mol. The standard InChI is InChI=1S/C20H21Br/c1-3-4-5-15-6-8-16(9-7-15)19-12-17-10-14(2)11-18(17)13-20(19)21/h6-9,11-13H,3-5,10H2,1-2H3. The molecule has 3 rings (SSSR count). The van der Waals surface area contributed by atoms with E-state index in [1.807, 2.05) is 0 Å². The van der Waals surface area contributed by atoms with Crippen LogP contribution in [-0.4, -0.2) is 0 Å². The number of hydrogen-bond acceptors (Lipinski definition) is 0. The van der Waals surface area contributed by atoms with Crippen molar-refractivity contribution in [3.63, 3.8) is 0 Å². The van der Waals surface area contributed by atoms with Gasteiger partial charge in [-0.15, -0.1) is 0 Å². The molecular formula is C20H21Br. The van der Waals surface area contributed by atoms with Crippen LogP contribution in [0, 0.1) is 0 Å². The molecule has 0 saturated heterocycles. The fraction of sp³-hybridized carbons (Fsp3) is 0.300. The van der Waals surface area contributed by atoms with E-state index >= 15 is 0 Å². The minimum atomic E-state index is 1.09. The summed E-state index contributed by atoms with van der Waals surface area (Å²) in [4.78, 5) is 0. The summed E-state index contributed by atoms with van der Waals surface area (Å²) in [5, 5.41) is 0. The maximum absolute atomic E-state index is 3.74. The van der Waals surface area contributed by atoms with Crippen LogP contribution in [0.2, 0.25) is 0 Å². The molecule has 0 radical (unpaired) electrons. The molecule has 0 nitrogen and oxygen atoms in total. The van der Waals surface area contributed by atoms with Gasteiger partial charge < -0.3 is 0 Å². The van der Waals surface area contributed by atoms with Gasteiger partial charge in [0, 0.05) is 4.47 Å². The molecule has 2 aromatic rings. The number of rotatable bonds is 4. The van der Waals surface area contributed by atoms with Crippen molar-refractivity contribution in [2.75, 3.05) is 0 Å². The van der Waals surface area contributed by atoms with Crippen LogP contribution in [0.5, 0.6) is 0 Å². The molecule has 0 unspecified atom stereocenters. The summed E-state index contributed by atoms with van der Waals surface area (Å²) in [5.74, 6) is 0. The average Bonchev–Trinajstić information content (AvgIpc) is 2.84. The SMILES string of the molecule is CCCCc1ccc(-c2cc3c(cc2Br)C=C(C)C3)cc1. The lowest BCUT2D eigenvalue weighted by atomic mass is 9.98. The van der Waals surface area contributed by atoms with Crippen molar-refractivity contribution in [3.05, 3.63) is 63.1 Å². The average molecular weight is 341 g/mol. The Hall–Kier alpha value is -1.34. The van der Waals surface area contributed by atoms with Crippen molar-refractivity contribution in [2.24, 2.45) is 0 Å². The van der Waals surface area contributed by atoms with Gasteiger partial charge >= 0.3 is 0 Å². The lowest BCUT2D eigenvalue weighted by molar-refractivity contribution is 0.795. The maximum atomic E-state index is 3.74. The molecule has 0 spiro atoms. The van der Waals surface area contributed by atoms with E-state index in [2.05, 4.69) is 72.3 Å². The van der Waals surface area contributed by atoms with E-state index in [0.717, 1.165) is 6.42 Å². The van der Waals surface area contributed by atoms with Crippen LogP contribution < -0.4 is 0 Å². The normalized spacial score (nSPS) is 13.2. The van der Waals surface area contributed by atoms with Crippen LogP contribution in [0.4, 0.5) is 0 Å². The second kappa shape index (κ2) is 6.19. The van der Waals surface area contributed by atoms with Gasteiger partial charge in [-0.05, 0) is 66.1 Å². The summed E-state index contributed by atoms with van der Waals surface area (Å²) in [6, 6.07) is 13.7. The first kappa shape index (κ1) is 14.6. The highest BCUT2D eigenvalue weighted by Crippen LogP contribution is 2.35. The third-order valence-corrected chi connectivity index (χ3v) is 4.84. The summed E-state index contributed by atoms with van der Waals surface area (Å²) >= 11 is 3.74. The molecule has 0 aromatic heterocycles. The molecule has 0 fully saturated rings. The van der Waals surface area contributed by atoms with Crippen molar-refractivity contribution in [2.45, 2.75) is 39.5 Å². The monoisotopic (exact) mass is 340 g/mol. The molecule has 108 valence electrons. The fourth-order valence-corrected chi connectivity index (χ4v) is 3.58. The first-order valence-electron chi connectivity index (χ1n) is 7.76. The summed E-state index contributed by atoms with van der Waals surface area (Å²) in [6.45, 7) is 4.45. The number of benzene rings is 2. The zero-order valence-corrected chi connectivity index (χ0v) is 14.3. The van der Waals surface area contributed by atoms with E-state index in [1.165, 1.54) is 57.1 Å². The number of allylic oxidation sites excluding steroid dienone is 1. The van der Waals surface area contributed by atoms with Crippen molar-refractivity contribution in [1.29, 1.82) is 0 Å². The van der Waals surface area contributed by atoms with Gasteiger partial charge in [0.2, 0.25) is 0 Å². The van der Waals surface area contributed by atoms with E-state index in [4.69, 9.17) is 0 Å². The molecule has 0 saturated carbocycles. The Morgan fingerprint density at radius 1 is 1.10 bits per heavy atom. The van der Waals surface area contributed by atoms with E-state index < -0.39 is 0 Å². The predicted octanol–water partition coefficient (Wildman–Crippen LogP) is 6.42.